The molecule has 0 saturated heterocycles. The molecule has 0 aliphatic carbocycles. The summed E-state index contributed by atoms with van der Waals surface area (Å²) in [6.07, 6.45) is 12.6. The molecule has 0 saturated carbocycles. The summed E-state index contributed by atoms with van der Waals surface area (Å²) in [5.41, 5.74) is 12.4. The van der Waals surface area contributed by atoms with Crippen LogP contribution < -0.4 is 130 Å². The average Bonchev–Trinajstić information content (AvgIpc) is 4.09. The molecule has 6 aromatic rings. The Bertz CT molecular complexity index is 2640. The average molecular weight is 1300 g/mol. The smallest absolute Gasteiger partial charge is 1.00 e. The number of carbonyl (C=O) groups is 3. The van der Waals surface area contributed by atoms with Crippen LogP contribution in [0.15, 0.2) is 74.0 Å². The van der Waals surface area contributed by atoms with E-state index in [-0.39, 0.29) is 150 Å². The third-order valence-electron chi connectivity index (χ3n) is 7.06. The first-order valence-electron chi connectivity index (χ1n) is 19.3. The van der Waals surface area contributed by atoms with Crippen LogP contribution in [0.3, 0.4) is 0 Å². The molecule has 73 heavy (non-hydrogen) atoms. The standard InChI is InChI=1S/C14H16ClN5O4.C14H18ClN5O2.C5H2Cl2N2O2.C4H7N3.CH2O3.2ClH.2K.Sn.H/c1-14(2,3)24-13(21)17-5-9-6-18-19(8-9)12-11(15)4-10(7-16-12)20(22)23;1-14(2,3)22-13(21)18-5-9-6-19-20(8-9)12-11(15)4-10(16)7-17-12;6-4-1-3(9(10)11)2-8-5(4)7;5-1-4-2-6-7-3-4;2-1-4-3;;;;;;/h4,6-8H,5H2,1-3H3,(H,17,21);4,6-8H,5,16H2,1-3H3,(H,18,21);1-2H;2-3H,1,5H2,(H,6,7);1,3H;2*1H;;;;/q;;;;;;;2*+1;+2;-1/p-3. The number of carbonyl (C=O) groups excluding carboxylic acids is 3. The minimum Gasteiger partial charge on any atom is -1.00 e. The second kappa shape index (κ2) is 38.0. The van der Waals surface area contributed by atoms with Gasteiger partial charge >= 0.3 is 152 Å². The van der Waals surface area contributed by atoms with E-state index in [1.165, 1.54) is 27.8 Å². The molecular formula is C38H45Cl6K2N15O11Sn. The molecular weight excluding hydrogens is 1250 g/mol. The summed E-state index contributed by atoms with van der Waals surface area (Å²) in [4.78, 5) is 65.7. The fourth-order valence-corrected chi connectivity index (χ4v) is 5.09. The minimum atomic E-state index is -0.826. The number of alkyl carbamates (subject to hydrolysis) is 2. The van der Waals surface area contributed by atoms with Gasteiger partial charge in [-0.25, -0.2) is 33.9 Å². The van der Waals surface area contributed by atoms with Gasteiger partial charge in [-0.05, 0) is 47.6 Å². The van der Waals surface area contributed by atoms with Crippen LogP contribution in [0.5, 0.6) is 0 Å². The van der Waals surface area contributed by atoms with Crippen LogP contribution in [0, 0.1) is 20.2 Å². The Labute approximate surface area is 541 Å². The van der Waals surface area contributed by atoms with Gasteiger partial charge in [-0.15, -0.1) is 0 Å². The zero-order valence-electron chi connectivity index (χ0n) is 41.0. The summed E-state index contributed by atoms with van der Waals surface area (Å²) >= 11 is 22.1. The molecule has 7 N–H and O–H groups in total. The van der Waals surface area contributed by atoms with Gasteiger partial charge in [-0.3, -0.25) is 30.1 Å². The number of ether oxygens (including phenoxy) is 2. The Kier molecular flexibility index (Phi) is 37.8. The molecule has 26 nitrogen and oxygen atoms in total. The van der Waals surface area contributed by atoms with E-state index >= 15 is 0 Å². The van der Waals surface area contributed by atoms with E-state index in [0.717, 1.165) is 29.6 Å². The minimum absolute atomic E-state index is 0. The SMILES string of the molecule is CC(C)(C)OC(=O)NCc1cnn(-c2ncc(N)cc2Cl)c1.CC(C)(C)OC(=O)NCc1cnn(-c2ncc([N+](=O)[O-])cc2Cl)c1.NCc1cn[nH]c1.O=CO[O-].O=[N+]([O-])c1cnc(Cl)c(Cl)c1.[Cl][Sn][Cl].[H-].[K+].[K+]. The Balaban J connectivity index is -0.000000918. The summed E-state index contributed by atoms with van der Waals surface area (Å²) in [6.45, 7) is 11.6. The number of nitrogens with zero attached hydrogens (tertiary/aromatic N) is 10. The molecule has 0 unspecified atom stereocenters. The number of rotatable bonds is 10. The summed E-state index contributed by atoms with van der Waals surface area (Å²) in [5.74, 6) is 0.727. The maximum Gasteiger partial charge on any atom is 1.00 e. The normalized spacial score (nSPS) is 9.95. The number of anilines is 1. The topological polar surface area (TPSA) is 367 Å². The zero-order valence-corrected chi connectivity index (χ0v) is 53.6. The Morgan fingerprint density at radius 1 is 0.753 bits per heavy atom. The molecule has 35 heteroatoms. The van der Waals surface area contributed by atoms with Crippen molar-refractivity contribution in [2.45, 2.75) is 72.4 Å². The van der Waals surface area contributed by atoms with E-state index in [1.54, 1.807) is 78.6 Å². The maximum absolute atomic E-state index is 11.6. The summed E-state index contributed by atoms with van der Waals surface area (Å²) in [5, 5.41) is 49.7. The van der Waals surface area contributed by atoms with Crippen molar-refractivity contribution in [2.24, 2.45) is 5.73 Å². The van der Waals surface area contributed by atoms with Crippen LogP contribution in [-0.4, -0.2) is 103 Å². The quantitative estimate of drug-likeness (QED) is 0.0320. The number of nitro groups is 2. The van der Waals surface area contributed by atoms with Crippen molar-refractivity contribution >= 4 is 119 Å². The number of hydrogen-bond donors (Lipinski definition) is 5. The number of nitrogens with two attached hydrogens (primary N) is 2. The number of H-pyrrole nitrogens is 1. The van der Waals surface area contributed by atoms with Crippen molar-refractivity contribution in [1.29, 1.82) is 0 Å². The van der Waals surface area contributed by atoms with Crippen LogP contribution >= 0.6 is 64.2 Å². The molecule has 0 fully saturated rings. The Hall–Kier alpha value is -2.58. The predicted octanol–water partition coefficient (Wildman–Crippen LogP) is 1.10. The van der Waals surface area contributed by atoms with E-state index in [2.05, 4.69) is 50.9 Å². The number of aromatic amines is 1. The van der Waals surface area contributed by atoms with Crippen molar-refractivity contribution in [2.75, 3.05) is 5.73 Å². The second-order valence-corrected chi connectivity index (χ2v) is 20.7. The summed E-state index contributed by atoms with van der Waals surface area (Å²) < 4.78 is 13.2. The zero-order chi connectivity index (χ0) is 53.9. The number of hydrogen-bond acceptors (Lipinski definition) is 19. The first-order chi connectivity index (χ1) is 33.3. The van der Waals surface area contributed by atoms with Crippen LogP contribution in [0.2, 0.25) is 20.2 Å². The molecule has 0 bridgehead atoms. The number of halogens is 6. The van der Waals surface area contributed by atoms with Crippen molar-refractivity contribution in [3.8, 4) is 11.6 Å². The van der Waals surface area contributed by atoms with E-state index in [4.69, 9.17) is 95.2 Å². The van der Waals surface area contributed by atoms with Crippen LogP contribution in [0.25, 0.3) is 11.6 Å². The van der Waals surface area contributed by atoms with Crippen molar-refractivity contribution in [3.63, 3.8) is 0 Å². The van der Waals surface area contributed by atoms with Crippen LogP contribution in [-0.2, 0) is 38.8 Å². The van der Waals surface area contributed by atoms with Gasteiger partial charge in [0.05, 0.1) is 55.4 Å². The fraction of sp³-hybridized carbons (Fsp3) is 0.289. The van der Waals surface area contributed by atoms with Gasteiger partial charge in [-0.2, -0.15) is 15.3 Å². The van der Waals surface area contributed by atoms with Crippen LogP contribution in [0.1, 0.15) is 59.7 Å². The van der Waals surface area contributed by atoms with E-state index in [0.29, 0.717) is 35.2 Å². The van der Waals surface area contributed by atoms with Gasteiger partial charge in [0.15, 0.2) is 11.6 Å². The Morgan fingerprint density at radius 3 is 1.49 bits per heavy atom. The molecule has 0 aliphatic heterocycles. The van der Waals surface area contributed by atoms with E-state index < -0.39 is 52.1 Å². The number of pyridine rings is 3. The molecule has 0 aromatic carbocycles. The van der Waals surface area contributed by atoms with Gasteiger partial charge in [0.2, 0.25) is 0 Å². The van der Waals surface area contributed by atoms with Gasteiger partial charge in [0.1, 0.15) is 28.7 Å². The van der Waals surface area contributed by atoms with Gasteiger partial charge < -0.3 is 43.1 Å². The van der Waals surface area contributed by atoms with Crippen LogP contribution in [0.4, 0.5) is 26.7 Å². The number of aromatic nitrogens is 9. The van der Waals surface area contributed by atoms with Crippen molar-refractivity contribution < 1.29 is 148 Å². The molecule has 6 rings (SSSR count). The van der Waals surface area contributed by atoms with Gasteiger partial charge in [-0.1, -0.05) is 46.4 Å². The molecule has 386 valence electrons. The van der Waals surface area contributed by atoms with E-state index in [9.17, 15) is 29.8 Å². The monoisotopic (exact) mass is 1290 g/mol. The third kappa shape index (κ3) is 31.3. The summed E-state index contributed by atoms with van der Waals surface area (Å²) in [7, 11) is 9.87. The maximum atomic E-state index is 11.6. The first kappa shape index (κ1) is 72.5. The number of amides is 2. The predicted molar refractivity (Wildman–Crippen MR) is 263 cm³/mol. The third-order valence-corrected chi connectivity index (χ3v) is 8.30. The van der Waals surface area contributed by atoms with Gasteiger partial charge in [0.25, 0.3) is 17.8 Å². The molecule has 0 atom stereocenters. The fourth-order valence-electron chi connectivity index (χ4n) is 4.31. The molecule has 6 aromatic heterocycles. The number of nitrogens with one attached hydrogen (secondary N) is 3. The molecule has 0 spiro atoms. The summed E-state index contributed by atoms with van der Waals surface area (Å²) in [6, 6.07) is 3.95. The molecule has 2 radical (unpaired) electrons. The Morgan fingerprint density at radius 2 is 1.16 bits per heavy atom. The van der Waals surface area contributed by atoms with Crippen molar-refractivity contribution in [1.82, 2.24) is 55.3 Å². The number of nitrogen functional groups attached to an aromatic ring is 1. The van der Waals surface area contributed by atoms with Gasteiger partial charge in [0, 0.05) is 67.0 Å². The molecule has 2 amide bonds. The van der Waals surface area contributed by atoms with Crippen molar-refractivity contribution in [3.05, 3.63) is 131 Å². The molecule has 0 aliphatic rings. The van der Waals surface area contributed by atoms with E-state index in [1.807, 2.05) is 0 Å². The molecule has 6 heterocycles. The first-order valence-corrected chi connectivity index (χ1v) is 28.1. The largest absolute Gasteiger partial charge is 1.00 e. The second-order valence-electron chi connectivity index (χ2n) is 14.9.